The Kier molecular flexibility index (Phi) is 2.44. The molecule has 2 aromatic heterocycles. The standard InChI is InChI=1S/C13H15N3/c1-3-11(9-16-8-7-14-10-16)12-4-2-6-15-13(12)5-1/h2,4,6-8,10-11H,1,3,5,9H2/t11-/m1/s1. The average Bonchev–Trinajstić information content (AvgIpc) is 2.82. The van der Waals surface area contributed by atoms with Crippen molar-refractivity contribution in [3.8, 4) is 0 Å². The molecule has 1 aliphatic rings. The first-order valence-electron chi connectivity index (χ1n) is 5.83. The van der Waals surface area contributed by atoms with E-state index in [1.165, 1.54) is 24.1 Å². The minimum Gasteiger partial charge on any atom is -0.337 e. The van der Waals surface area contributed by atoms with Crippen molar-refractivity contribution in [3.05, 3.63) is 48.3 Å². The molecule has 0 aromatic carbocycles. The number of pyridine rings is 1. The van der Waals surface area contributed by atoms with Gasteiger partial charge in [0.1, 0.15) is 0 Å². The van der Waals surface area contributed by atoms with Crippen LogP contribution in [0.1, 0.15) is 30.0 Å². The van der Waals surface area contributed by atoms with E-state index >= 15 is 0 Å². The third-order valence-corrected chi connectivity index (χ3v) is 3.32. The maximum Gasteiger partial charge on any atom is 0.0946 e. The van der Waals surface area contributed by atoms with E-state index in [0.29, 0.717) is 5.92 Å². The predicted octanol–water partition coefficient (Wildman–Crippen LogP) is 2.40. The summed E-state index contributed by atoms with van der Waals surface area (Å²) in [6.45, 7) is 1.03. The zero-order chi connectivity index (χ0) is 10.8. The molecule has 2 heterocycles. The Morgan fingerprint density at radius 1 is 1.38 bits per heavy atom. The summed E-state index contributed by atoms with van der Waals surface area (Å²) in [5.74, 6) is 0.603. The third-order valence-electron chi connectivity index (χ3n) is 3.32. The molecule has 0 N–H and O–H groups in total. The summed E-state index contributed by atoms with van der Waals surface area (Å²) in [7, 11) is 0. The molecule has 0 spiro atoms. The molecular weight excluding hydrogens is 198 g/mol. The van der Waals surface area contributed by atoms with Gasteiger partial charge >= 0.3 is 0 Å². The number of imidazole rings is 1. The molecule has 3 rings (SSSR count). The summed E-state index contributed by atoms with van der Waals surface area (Å²) in [6, 6.07) is 4.27. The van der Waals surface area contributed by atoms with Gasteiger partial charge in [-0.05, 0) is 30.9 Å². The van der Waals surface area contributed by atoms with Crippen molar-refractivity contribution >= 4 is 0 Å². The lowest BCUT2D eigenvalue weighted by Crippen LogP contribution is -2.15. The number of nitrogens with zero attached hydrogens (tertiary/aromatic N) is 3. The van der Waals surface area contributed by atoms with Crippen molar-refractivity contribution < 1.29 is 0 Å². The summed E-state index contributed by atoms with van der Waals surface area (Å²) in [5.41, 5.74) is 2.72. The lowest BCUT2D eigenvalue weighted by molar-refractivity contribution is 0.477. The highest BCUT2D eigenvalue weighted by molar-refractivity contribution is 5.26. The van der Waals surface area contributed by atoms with Gasteiger partial charge in [-0.3, -0.25) is 4.98 Å². The van der Waals surface area contributed by atoms with Gasteiger partial charge in [0.25, 0.3) is 0 Å². The van der Waals surface area contributed by atoms with Crippen LogP contribution in [-0.2, 0) is 13.0 Å². The van der Waals surface area contributed by atoms with Crippen molar-refractivity contribution in [3.63, 3.8) is 0 Å². The summed E-state index contributed by atoms with van der Waals surface area (Å²) < 4.78 is 2.16. The minimum atomic E-state index is 0.603. The van der Waals surface area contributed by atoms with Crippen LogP contribution in [0, 0.1) is 0 Å². The van der Waals surface area contributed by atoms with Crippen molar-refractivity contribution in [2.24, 2.45) is 0 Å². The molecule has 0 saturated heterocycles. The van der Waals surface area contributed by atoms with E-state index in [0.717, 1.165) is 13.0 Å². The van der Waals surface area contributed by atoms with Crippen molar-refractivity contribution in [1.82, 2.24) is 14.5 Å². The maximum absolute atomic E-state index is 4.47. The van der Waals surface area contributed by atoms with E-state index in [1.807, 2.05) is 31.0 Å². The molecule has 3 nitrogen and oxygen atoms in total. The fraction of sp³-hybridized carbons (Fsp3) is 0.385. The molecule has 0 radical (unpaired) electrons. The zero-order valence-corrected chi connectivity index (χ0v) is 9.21. The van der Waals surface area contributed by atoms with Crippen LogP contribution >= 0.6 is 0 Å². The van der Waals surface area contributed by atoms with Gasteiger partial charge in [-0.25, -0.2) is 4.98 Å². The molecule has 3 heteroatoms. The van der Waals surface area contributed by atoms with Crippen LogP contribution in [0.5, 0.6) is 0 Å². The van der Waals surface area contributed by atoms with Crippen molar-refractivity contribution in [2.75, 3.05) is 0 Å². The number of aromatic nitrogens is 3. The number of aryl methyl sites for hydroxylation is 1. The normalized spacial score (nSPS) is 19.4. The number of hydrogen-bond donors (Lipinski definition) is 0. The van der Waals surface area contributed by atoms with Crippen LogP contribution in [0.4, 0.5) is 0 Å². The molecule has 0 fully saturated rings. The fourth-order valence-electron chi connectivity index (χ4n) is 2.54. The van der Waals surface area contributed by atoms with Gasteiger partial charge in [-0.2, -0.15) is 0 Å². The summed E-state index contributed by atoms with van der Waals surface area (Å²) in [5, 5.41) is 0. The molecular formula is C13H15N3. The monoisotopic (exact) mass is 213 g/mol. The maximum atomic E-state index is 4.47. The Morgan fingerprint density at radius 3 is 3.25 bits per heavy atom. The first-order valence-corrected chi connectivity index (χ1v) is 5.83. The van der Waals surface area contributed by atoms with Crippen LogP contribution in [0.15, 0.2) is 37.1 Å². The predicted molar refractivity (Wildman–Crippen MR) is 62.1 cm³/mol. The largest absolute Gasteiger partial charge is 0.337 e. The Morgan fingerprint density at radius 2 is 2.38 bits per heavy atom. The highest BCUT2D eigenvalue weighted by Crippen LogP contribution is 2.31. The van der Waals surface area contributed by atoms with E-state index in [1.54, 1.807) is 0 Å². The van der Waals surface area contributed by atoms with Crippen molar-refractivity contribution in [2.45, 2.75) is 31.7 Å². The molecule has 2 aromatic rings. The van der Waals surface area contributed by atoms with E-state index in [-0.39, 0.29) is 0 Å². The fourth-order valence-corrected chi connectivity index (χ4v) is 2.54. The van der Waals surface area contributed by atoms with Gasteiger partial charge in [0.15, 0.2) is 0 Å². The van der Waals surface area contributed by atoms with E-state index in [9.17, 15) is 0 Å². The van der Waals surface area contributed by atoms with Gasteiger partial charge in [0, 0.05) is 36.7 Å². The zero-order valence-electron chi connectivity index (χ0n) is 9.21. The first kappa shape index (κ1) is 9.58. The van der Waals surface area contributed by atoms with E-state index in [2.05, 4.69) is 20.6 Å². The van der Waals surface area contributed by atoms with Gasteiger partial charge in [-0.15, -0.1) is 0 Å². The number of fused-ring (bicyclic) bond motifs is 1. The first-order chi connectivity index (χ1) is 7.93. The highest BCUT2D eigenvalue weighted by atomic mass is 15.0. The molecule has 1 aliphatic carbocycles. The molecule has 0 amide bonds. The second-order valence-corrected chi connectivity index (χ2v) is 4.39. The van der Waals surface area contributed by atoms with Gasteiger partial charge in [0.05, 0.1) is 6.33 Å². The van der Waals surface area contributed by atoms with Crippen LogP contribution in [0.2, 0.25) is 0 Å². The molecule has 16 heavy (non-hydrogen) atoms. The van der Waals surface area contributed by atoms with Gasteiger partial charge < -0.3 is 4.57 Å². The van der Waals surface area contributed by atoms with Crippen LogP contribution in [0.3, 0.4) is 0 Å². The SMILES string of the molecule is c1cnc2c(c1)[C@@H](Cn1ccnc1)CCC2. The molecule has 1 atom stereocenters. The average molecular weight is 213 g/mol. The Labute approximate surface area is 95.2 Å². The number of hydrogen-bond acceptors (Lipinski definition) is 2. The lowest BCUT2D eigenvalue weighted by Gasteiger charge is -2.24. The second kappa shape index (κ2) is 4.08. The highest BCUT2D eigenvalue weighted by Gasteiger charge is 2.20. The summed E-state index contributed by atoms with van der Waals surface area (Å²) in [4.78, 5) is 8.56. The van der Waals surface area contributed by atoms with Crippen molar-refractivity contribution in [1.29, 1.82) is 0 Å². The Balaban J connectivity index is 1.87. The minimum absolute atomic E-state index is 0.603. The lowest BCUT2D eigenvalue weighted by atomic mass is 9.85. The Bertz CT molecular complexity index is 462. The second-order valence-electron chi connectivity index (χ2n) is 4.39. The molecule has 0 unspecified atom stereocenters. The molecule has 82 valence electrons. The number of rotatable bonds is 2. The van der Waals surface area contributed by atoms with Crippen LogP contribution < -0.4 is 0 Å². The van der Waals surface area contributed by atoms with Crippen LogP contribution in [-0.4, -0.2) is 14.5 Å². The smallest absolute Gasteiger partial charge is 0.0946 e. The topological polar surface area (TPSA) is 30.7 Å². The molecule has 0 aliphatic heterocycles. The summed E-state index contributed by atoms with van der Waals surface area (Å²) in [6.07, 6.45) is 11.3. The van der Waals surface area contributed by atoms with E-state index in [4.69, 9.17) is 0 Å². The quantitative estimate of drug-likeness (QED) is 0.767. The summed E-state index contributed by atoms with van der Waals surface area (Å²) >= 11 is 0. The van der Waals surface area contributed by atoms with Gasteiger partial charge in [0.2, 0.25) is 0 Å². The van der Waals surface area contributed by atoms with E-state index < -0.39 is 0 Å². The van der Waals surface area contributed by atoms with Crippen LogP contribution in [0.25, 0.3) is 0 Å². The Hall–Kier alpha value is -1.64. The molecule has 0 saturated carbocycles. The molecule has 0 bridgehead atoms. The third kappa shape index (κ3) is 1.73. The van der Waals surface area contributed by atoms with Gasteiger partial charge in [-0.1, -0.05) is 6.07 Å².